The van der Waals surface area contributed by atoms with Crippen molar-refractivity contribution >= 4 is 5.97 Å². The first-order valence-electron chi connectivity index (χ1n) is 6.19. The normalized spacial score (nSPS) is 11.9. The molecule has 1 aromatic carbocycles. The van der Waals surface area contributed by atoms with E-state index in [-0.39, 0.29) is 18.5 Å². The van der Waals surface area contributed by atoms with E-state index < -0.39 is 5.97 Å². The zero-order valence-corrected chi connectivity index (χ0v) is 11.3. The Balaban J connectivity index is 2.13. The van der Waals surface area contributed by atoms with Gasteiger partial charge in [-0.05, 0) is 25.1 Å². The van der Waals surface area contributed by atoms with Crippen LogP contribution in [0.25, 0.3) is 0 Å². The van der Waals surface area contributed by atoms with Crippen molar-refractivity contribution in [2.75, 3.05) is 7.11 Å². The number of rotatable bonds is 5. The summed E-state index contributed by atoms with van der Waals surface area (Å²) in [6.07, 6.45) is -0.388. The second kappa shape index (κ2) is 6.25. The van der Waals surface area contributed by atoms with Gasteiger partial charge in [0.1, 0.15) is 11.5 Å². The number of esters is 1. The molecule has 5 nitrogen and oxygen atoms in total. The molecule has 0 aliphatic carbocycles. The smallest absolute Gasteiger partial charge is 0.373 e. The highest BCUT2D eigenvalue weighted by Crippen LogP contribution is 2.26. The van der Waals surface area contributed by atoms with E-state index in [1.807, 2.05) is 12.1 Å². The van der Waals surface area contributed by atoms with Crippen LogP contribution in [0.3, 0.4) is 0 Å². The summed E-state index contributed by atoms with van der Waals surface area (Å²) >= 11 is 0. The lowest BCUT2D eigenvalue weighted by molar-refractivity contribution is 0.0558. The van der Waals surface area contributed by atoms with Gasteiger partial charge < -0.3 is 19.0 Å². The minimum Gasteiger partial charge on any atom is -0.482 e. The third kappa shape index (κ3) is 3.00. The monoisotopic (exact) mass is 276 g/mol. The molecule has 20 heavy (non-hydrogen) atoms. The van der Waals surface area contributed by atoms with Crippen molar-refractivity contribution in [2.45, 2.75) is 19.6 Å². The average molecular weight is 276 g/mol. The summed E-state index contributed by atoms with van der Waals surface area (Å²) < 4.78 is 15.7. The standard InChI is InChI=1S/C15H16O5/c1-10(12-7-8-14(20-12)15(17)18-2)19-13-6-4-3-5-11(13)9-16/h3-8,10,16H,9H2,1-2H3. The Labute approximate surface area is 116 Å². The van der Waals surface area contributed by atoms with Crippen molar-refractivity contribution in [3.05, 3.63) is 53.5 Å². The van der Waals surface area contributed by atoms with Crippen molar-refractivity contribution < 1.29 is 23.8 Å². The van der Waals surface area contributed by atoms with Crippen LogP contribution >= 0.6 is 0 Å². The molecule has 0 aliphatic rings. The molecular formula is C15H16O5. The number of carbonyl (C=O) groups is 1. The van der Waals surface area contributed by atoms with Crippen LogP contribution in [0, 0.1) is 0 Å². The van der Waals surface area contributed by atoms with Gasteiger partial charge in [-0.1, -0.05) is 18.2 Å². The number of hydrogen-bond acceptors (Lipinski definition) is 5. The zero-order chi connectivity index (χ0) is 14.5. The van der Waals surface area contributed by atoms with Gasteiger partial charge >= 0.3 is 5.97 Å². The van der Waals surface area contributed by atoms with Crippen molar-refractivity contribution in [3.8, 4) is 5.75 Å². The Hall–Kier alpha value is -2.27. The first kappa shape index (κ1) is 14.1. The summed E-state index contributed by atoms with van der Waals surface area (Å²) in [7, 11) is 1.29. The Morgan fingerprint density at radius 2 is 2.05 bits per heavy atom. The number of benzene rings is 1. The van der Waals surface area contributed by atoms with E-state index in [1.165, 1.54) is 7.11 Å². The first-order valence-corrected chi connectivity index (χ1v) is 6.19. The van der Waals surface area contributed by atoms with E-state index >= 15 is 0 Å². The summed E-state index contributed by atoms with van der Waals surface area (Å²) in [6.45, 7) is 1.70. The van der Waals surface area contributed by atoms with Gasteiger partial charge in [-0.3, -0.25) is 0 Å². The lowest BCUT2D eigenvalue weighted by Gasteiger charge is -2.14. The number of aliphatic hydroxyl groups is 1. The van der Waals surface area contributed by atoms with Crippen LogP contribution in [0.15, 0.2) is 40.8 Å². The third-order valence-corrected chi connectivity index (χ3v) is 2.86. The largest absolute Gasteiger partial charge is 0.482 e. The maximum atomic E-state index is 11.3. The number of furan rings is 1. The minimum absolute atomic E-state index is 0.103. The number of aliphatic hydroxyl groups excluding tert-OH is 1. The maximum Gasteiger partial charge on any atom is 0.373 e. The van der Waals surface area contributed by atoms with Crippen LogP contribution in [0.2, 0.25) is 0 Å². The van der Waals surface area contributed by atoms with E-state index in [1.54, 1.807) is 31.2 Å². The Bertz CT molecular complexity index is 587. The maximum absolute atomic E-state index is 11.3. The SMILES string of the molecule is COC(=O)c1ccc(C(C)Oc2ccccc2CO)o1. The highest BCUT2D eigenvalue weighted by atomic mass is 16.5. The molecule has 5 heteroatoms. The summed E-state index contributed by atoms with van der Waals surface area (Å²) in [5.74, 6) is 0.698. The van der Waals surface area contributed by atoms with Crippen LogP contribution in [0.4, 0.5) is 0 Å². The fraction of sp³-hybridized carbons (Fsp3) is 0.267. The van der Waals surface area contributed by atoms with Gasteiger partial charge in [0.2, 0.25) is 5.76 Å². The van der Waals surface area contributed by atoms with Crippen LogP contribution in [0.1, 0.15) is 34.9 Å². The van der Waals surface area contributed by atoms with Gasteiger partial charge in [0.15, 0.2) is 6.10 Å². The molecule has 2 aromatic rings. The third-order valence-electron chi connectivity index (χ3n) is 2.86. The molecule has 0 saturated heterocycles. The predicted octanol–water partition coefficient (Wildman–Crippen LogP) is 2.70. The van der Waals surface area contributed by atoms with Gasteiger partial charge in [0, 0.05) is 5.56 Å². The number of methoxy groups -OCH3 is 1. The number of hydrogen-bond donors (Lipinski definition) is 1. The molecule has 0 bridgehead atoms. The fourth-order valence-corrected chi connectivity index (χ4v) is 1.78. The topological polar surface area (TPSA) is 68.9 Å². The van der Waals surface area contributed by atoms with Crippen molar-refractivity contribution in [1.29, 1.82) is 0 Å². The Kier molecular flexibility index (Phi) is 4.42. The summed E-state index contributed by atoms with van der Waals surface area (Å²) in [6, 6.07) is 10.4. The minimum atomic E-state index is -0.529. The molecule has 0 aliphatic heterocycles. The zero-order valence-electron chi connectivity index (χ0n) is 11.3. The molecule has 1 aromatic heterocycles. The highest BCUT2D eigenvalue weighted by Gasteiger charge is 2.17. The number of carbonyl (C=O) groups excluding carboxylic acids is 1. The van der Waals surface area contributed by atoms with Crippen LogP contribution < -0.4 is 4.74 Å². The van der Waals surface area contributed by atoms with E-state index in [4.69, 9.17) is 9.15 Å². The number of para-hydroxylation sites is 1. The number of ether oxygens (including phenoxy) is 2. The van der Waals surface area contributed by atoms with Crippen LogP contribution in [0.5, 0.6) is 5.75 Å². The Morgan fingerprint density at radius 3 is 2.75 bits per heavy atom. The highest BCUT2D eigenvalue weighted by molar-refractivity contribution is 5.86. The molecule has 2 rings (SSSR count). The molecule has 0 spiro atoms. The molecule has 0 amide bonds. The van der Waals surface area contributed by atoms with Crippen LogP contribution in [-0.4, -0.2) is 18.2 Å². The van der Waals surface area contributed by atoms with Gasteiger partial charge in [-0.15, -0.1) is 0 Å². The Morgan fingerprint density at radius 1 is 1.30 bits per heavy atom. The summed E-state index contributed by atoms with van der Waals surface area (Å²) in [5.41, 5.74) is 0.694. The fourth-order valence-electron chi connectivity index (χ4n) is 1.78. The quantitative estimate of drug-likeness (QED) is 0.850. The predicted molar refractivity (Wildman–Crippen MR) is 71.5 cm³/mol. The van der Waals surface area contributed by atoms with E-state index in [9.17, 15) is 9.90 Å². The first-order chi connectivity index (χ1) is 9.65. The summed E-state index contributed by atoms with van der Waals surface area (Å²) in [5, 5.41) is 9.25. The second-order valence-electron chi connectivity index (χ2n) is 4.22. The van der Waals surface area contributed by atoms with Crippen LogP contribution in [-0.2, 0) is 11.3 Å². The van der Waals surface area contributed by atoms with Gasteiger partial charge in [-0.25, -0.2) is 4.79 Å². The molecule has 106 valence electrons. The molecule has 0 radical (unpaired) electrons. The lowest BCUT2D eigenvalue weighted by Crippen LogP contribution is -2.04. The summed E-state index contributed by atoms with van der Waals surface area (Å²) in [4.78, 5) is 11.3. The van der Waals surface area contributed by atoms with E-state index in [2.05, 4.69) is 4.74 Å². The molecule has 0 saturated carbocycles. The van der Waals surface area contributed by atoms with E-state index in [0.29, 0.717) is 17.1 Å². The van der Waals surface area contributed by atoms with Crippen molar-refractivity contribution in [1.82, 2.24) is 0 Å². The van der Waals surface area contributed by atoms with E-state index in [0.717, 1.165) is 0 Å². The molecular weight excluding hydrogens is 260 g/mol. The molecule has 1 heterocycles. The van der Waals surface area contributed by atoms with Crippen molar-refractivity contribution in [2.24, 2.45) is 0 Å². The average Bonchev–Trinajstić information content (AvgIpc) is 2.97. The van der Waals surface area contributed by atoms with Gasteiger partial charge in [0.05, 0.1) is 13.7 Å². The second-order valence-corrected chi connectivity index (χ2v) is 4.22. The lowest BCUT2D eigenvalue weighted by atomic mass is 10.2. The van der Waals surface area contributed by atoms with Crippen molar-refractivity contribution in [3.63, 3.8) is 0 Å². The van der Waals surface area contributed by atoms with Gasteiger partial charge in [0.25, 0.3) is 0 Å². The molecule has 0 fully saturated rings. The molecule has 1 atom stereocenters. The molecule has 1 N–H and O–H groups in total. The van der Waals surface area contributed by atoms with Gasteiger partial charge in [-0.2, -0.15) is 0 Å². The molecule has 1 unspecified atom stereocenters.